The third-order valence-corrected chi connectivity index (χ3v) is 4.64. The number of anilines is 1. The van der Waals surface area contributed by atoms with Crippen LogP contribution in [0, 0.1) is 6.92 Å². The Labute approximate surface area is 143 Å². The zero-order chi connectivity index (χ0) is 17.6. The summed E-state index contributed by atoms with van der Waals surface area (Å²) < 4.78 is 0. The Kier molecular flexibility index (Phi) is 3.53. The second-order valence-corrected chi connectivity index (χ2v) is 6.34. The lowest BCUT2D eigenvalue weighted by Gasteiger charge is -2.16. The van der Waals surface area contributed by atoms with Crippen molar-refractivity contribution in [1.29, 1.82) is 0 Å². The molecule has 0 spiro atoms. The molecule has 1 unspecified atom stereocenters. The predicted octanol–water partition coefficient (Wildman–Crippen LogP) is 3.03. The number of carboxylic acid groups (broad SMARTS) is 1. The van der Waals surface area contributed by atoms with Gasteiger partial charge in [0.25, 0.3) is 5.56 Å². The maximum Gasteiger partial charge on any atom is 0.335 e. The van der Waals surface area contributed by atoms with Crippen molar-refractivity contribution < 1.29 is 9.90 Å². The highest BCUT2D eigenvalue weighted by Crippen LogP contribution is 2.35. The van der Waals surface area contributed by atoms with Gasteiger partial charge in [-0.3, -0.25) is 4.79 Å². The number of aromatic carboxylic acids is 1. The van der Waals surface area contributed by atoms with Crippen LogP contribution in [0.1, 0.15) is 39.8 Å². The molecule has 3 N–H and O–H groups in total. The number of H-pyrrole nitrogens is 1. The number of nitrogens with one attached hydrogen (secondary N) is 2. The fourth-order valence-corrected chi connectivity index (χ4v) is 3.42. The number of carboxylic acids is 1. The van der Waals surface area contributed by atoms with Crippen molar-refractivity contribution in [3.05, 3.63) is 69.3 Å². The Morgan fingerprint density at radius 2 is 2.04 bits per heavy atom. The van der Waals surface area contributed by atoms with Crippen LogP contribution in [0.3, 0.4) is 0 Å². The molecule has 0 radical (unpaired) electrons. The lowest BCUT2D eigenvalue weighted by Crippen LogP contribution is -2.12. The minimum atomic E-state index is -0.939. The Bertz CT molecular complexity index is 1040. The fourth-order valence-electron chi connectivity index (χ4n) is 3.42. The Morgan fingerprint density at radius 3 is 2.76 bits per heavy atom. The van der Waals surface area contributed by atoms with Crippen molar-refractivity contribution in [2.24, 2.45) is 0 Å². The van der Waals surface area contributed by atoms with Gasteiger partial charge in [-0.05, 0) is 67.3 Å². The summed E-state index contributed by atoms with van der Waals surface area (Å²) in [6.45, 7) is 1.78. The number of hydrogen-bond donors (Lipinski definition) is 3. The van der Waals surface area contributed by atoms with E-state index >= 15 is 0 Å². The molecule has 0 saturated heterocycles. The van der Waals surface area contributed by atoms with Gasteiger partial charge < -0.3 is 15.4 Å². The topological polar surface area (TPSA) is 95.1 Å². The van der Waals surface area contributed by atoms with E-state index in [1.807, 2.05) is 12.1 Å². The van der Waals surface area contributed by atoms with Crippen LogP contribution in [0.15, 0.2) is 41.2 Å². The van der Waals surface area contributed by atoms with Gasteiger partial charge in [0.15, 0.2) is 0 Å². The molecular formula is C19H17N3O3. The highest BCUT2D eigenvalue weighted by Gasteiger charge is 2.24. The van der Waals surface area contributed by atoms with Gasteiger partial charge in [-0.1, -0.05) is 0 Å². The van der Waals surface area contributed by atoms with Gasteiger partial charge in [0, 0.05) is 5.69 Å². The molecule has 0 aliphatic heterocycles. The molecule has 25 heavy (non-hydrogen) atoms. The van der Waals surface area contributed by atoms with Gasteiger partial charge in [-0.15, -0.1) is 0 Å². The molecule has 0 fully saturated rings. The lowest BCUT2D eigenvalue weighted by atomic mass is 10.0. The van der Waals surface area contributed by atoms with Crippen molar-refractivity contribution in [1.82, 2.24) is 9.97 Å². The van der Waals surface area contributed by atoms with Crippen molar-refractivity contribution in [3.63, 3.8) is 0 Å². The van der Waals surface area contributed by atoms with E-state index in [1.165, 1.54) is 5.56 Å². The number of benzene rings is 2. The minimum absolute atomic E-state index is 0.0933. The van der Waals surface area contributed by atoms with Gasteiger partial charge in [-0.25, -0.2) is 9.78 Å². The average molecular weight is 335 g/mol. The van der Waals surface area contributed by atoms with Crippen LogP contribution < -0.4 is 10.9 Å². The summed E-state index contributed by atoms with van der Waals surface area (Å²) >= 11 is 0. The minimum Gasteiger partial charge on any atom is -0.478 e. The van der Waals surface area contributed by atoms with E-state index in [0.29, 0.717) is 11.2 Å². The first-order valence-corrected chi connectivity index (χ1v) is 8.14. The maximum atomic E-state index is 12.2. The summed E-state index contributed by atoms with van der Waals surface area (Å²) in [5.41, 5.74) is 4.03. The first-order valence-electron chi connectivity index (χ1n) is 8.14. The quantitative estimate of drug-likeness (QED) is 0.684. The van der Waals surface area contributed by atoms with E-state index in [2.05, 4.69) is 15.3 Å². The molecule has 6 heteroatoms. The van der Waals surface area contributed by atoms with Crippen molar-refractivity contribution >= 4 is 22.6 Å². The van der Waals surface area contributed by atoms with E-state index in [-0.39, 0.29) is 17.2 Å². The molecule has 126 valence electrons. The number of carbonyl (C=O) groups is 1. The van der Waals surface area contributed by atoms with E-state index in [1.54, 1.807) is 31.2 Å². The lowest BCUT2D eigenvalue weighted by molar-refractivity contribution is 0.0697. The summed E-state index contributed by atoms with van der Waals surface area (Å²) in [6, 6.07) is 10.7. The summed E-state index contributed by atoms with van der Waals surface area (Å²) in [7, 11) is 0. The summed E-state index contributed by atoms with van der Waals surface area (Å²) in [4.78, 5) is 30.3. The highest BCUT2D eigenvalue weighted by molar-refractivity contribution is 5.88. The molecule has 3 aromatic rings. The third kappa shape index (κ3) is 2.76. The molecule has 1 aromatic heterocycles. The molecule has 0 saturated carbocycles. The Morgan fingerprint density at radius 1 is 1.28 bits per heavy atom. The number of rotatable bonds is 3. The third-order valence-electron chi connectivity index (χ3n) is 4.64. The molecule has 0 bridgehead atoms. The number of aromatic amines is 1. The highest BCUT2D eigenvalue weighted by atomic mass is 16.4. The number of hydrogen-bond acceptors (Lipinski definition) is 4. The van der Waals surface area contributed by atoms with Crippen molar-refractivity contribution in [3.8, 4) is 0 Å². The van der Waals surface area contributed by atoms with Crippen LogP contribution >= 0.6 is 0 Å². The summed E-state index contributed by atoms with van der Waals surface area (Å²) in [6.07, 6.45) is 1.84. The zero-order valence-corrected chi connectivity index (χ0v) is 13.7. The van der Waals surface area contributed by atoms with Gasteiger partial charge in [0.2, 0.25) is 0 Å². The summed E-state index contributed by atoms with van der Waals surface area (Å²) in [5.74, 6) is -0.324. The van der Waals surface area contributed by atoms with Crippen molar-refractivity contribution in [2.45, 2.75) is 25.8 Å². The van der Waals surface area contributed by atoms with Gasteiger partial charge in [0.05, 0.1) is 22.5 Å². The maximum absolute atomic E-state index is 12.2. The van der Waals surface area contributed by atoms with E-state index < -0.39 is 5.97 Å². The Hall–Kier alpha value is -3.15. The average Bonchev–Trinajstić information content (AvgIpc) is 2.95. The Balaban J connectivity index is 1.68. The molecule has 1 heterocycles. The van der Waals surface area contributed by atoms with E-state index in [9.17, 15) is 9.59 Å². The fraction of sp³-hybridized carbons (Fsp3) is 0.211. The number of nitrogens with zero attached hydrogens (tertiary/aromatic N) is 1. The molecule has 1 atom stereocenters. The van der Waals surface area contributed by atoms with E-state index in [4.69, 9.17) is 5.11 Å². The largest absolute Gasteiger partial charge is 0.478 e. The smallest absolute Gasteiger partial charge is 0.335 e. The van der Waals surface area contributed by atoms with Gasteiger partial charge in [-0.2, -0.15) is 0 Å². The van der Waals surface area contributed by atoms with Crippen LogP contribution in [0.4, 0.5) is 5.69 Å². The molecule has 2 aromatic carbocycles. The standard InChI is InChI=1S/C19H17N3O3/c1-10-20-17-8-12-4-7-16(14(12)9-15(17)18(23)21-10)22-13-5-2-11(3-6-13)19(24)25/h2-3,5-6,8-9,16,22H,4,7H2,1H3,(H,24,25)(H,20,21,23). The van der Waals surface area contributed by atoms with Gasteiger partial charge in [0.1, 0.15) is 5.82 Å². The van der Waals surface area contributed by atoms with Crippen LogP contribution in [-0.2, 0) is 6.42 Å². The molecule has 4 rings (SSSR count). The number of aryl methyl sites for hydroxylation is 2. The second-order valence-electron chi connectivity index (χ2n) is 6.34. The number of aromatic nitrogens is 2. The monoisotopic (exact) mass is 335 g/mol. The normalized spacial score (nSPS) is 16.0. The molecule has 6 nitrogen and oxygen atoms in total. The first kappa shape index (κ1) is 15.4. The van der Waals surface area contributed by atoms with Crippen LogP contribution in [0.5, 0.6) is 0 Å². The molecular weight excluding hydrogens is 318 g/mol. The van der Waals surface area contributed by atoms with Crippen molar-refractivity contribution in [2.75, 3.05) is 5.32 Å². The first-order chi connectivity index (χ1) is 12.0. The van der Waals surface area contributed by atoms with Crippen LogP contribution in [0.2, 0.25) is 0 Å². The SMILES string of the molecule is Cc1nc2cc3c(cc2c(=O)[nH]1)C(Nc1ccc(C(=O)O)cc1)CC3. The van der Waals surface area contributed by atoms with Crippen LogP contribution in [0.25, 0.3) is 10.9 Å². The molecule has 1 aliphatic rings. The second kappa shape index (κ2) is 5.73. The predicted molar refractivity (Wildman–Crippen MR) is 95.2 cm³/mol. The zero-order valence-electron chi connectivity index (χ0n) is 13.7. The summed E-state index contributed by atoms with van der Waals surface area (Å²) in [5, 5.41) is 13.0. The van der Waals surface area contributed by atoms with E-state index in [0.717, 1.165) is 29.6 Å². The molecule has 0 amide bonds. The number of fused-ring (bicyclic) bond motifs is 2. The molecule has 1 aliphatic carbocycles. The van der Waals surface area contributed by atoms with Crippen LogP contribution in [-0.4, -0.2) is 21.0 Å². The van der Waals surface area contributed by atoms with Gasteiger partial charge >= 0.3 is 5.97 Å².